The average Bonchev–Trinajstić information content (AvgIpc) is 2.97. The van der Waals surface area contributed by atoms with Gasteiger partial charge in [-0.1, -0.05) is 20.3 Å². The van der Waals surface area contributed by atoms with Crippen molar-refractivity contribution in [3.8, 4) is 0 Å². The largest absolute Gasteiger partial charge is 0.368 e. The lowest BCUT2D eigenvalue weighted by Crippen LogP contribution is -2.55. The Morgan fingerprint density at radius 2 is 1.33 bits per heavy atom. The number of carbonyl (C=O) groups is 9. The van der Waals surface area contributed by atoms with Crippen molar-refractivity contribution >= 4 is 76.6 Å². The summed E-state index contributed by atoms with van der Waals surface area (Å²) >= 11 is 2.11. The van der Waals surface area contributed by atoms with Crippen molar-refractivity contribution in [3.05, 3.63) is 0 Å². The fourth-order valence-electron chi connectivity index (χ4n) is 3.66. The summed E-state index contributed by atoms with van der Waals surface area (Å²) < 4.78 is 0. The van der Waals surface area contributed by atoms with Gasteiger partial charge >= 0.3 is 0 Å². The molecule has 1 heterocycles. The summed E-state index contributed by atoms with van der Waals surface area (Å²) in [6, 6.07) is -4.35. The molecule has 0 unspecified atom stereocenters. The van der Waals surface area contributed by atoms with Gasteiger partial charge in [0.05, 0.1) is 31.1 Å². The Bertz CT molecular complexity index is 1140. The number of nitrogens with one attached hydrogen (secondary N) is 7. The van der Waals surface area contributed by atoms with E-state index in [1.165, 1.54) is 13.8 Å². The molecule has 19 heteroatoms. The van der Waals surface area contributed by atoms with Gasteiger partial charge in [-0.25, -0.2) is 0 Å². The van der Waals surface area contributed by atoms with Crippen molar-refractivity contribution in [1.29, 1.82) is 0 Å². The Hall–Kier alpha value is -3.87. The van der Waals surface area contributed by atoms with Crippen LogP contribution >= 0.6 is 23.5 Å². The van der Waals surface area contributed by atoms with E-state index in [2.05, 4.69) is 37.2 Å². The molecule has 5 atom stereocenters. The summed E-state index contributed by atoms with van der Waals surface area (Å²) in [7, 11) is 0. The molecule has 0 spiro atoms. The third-order valence-corrected chi connectivity index (χ3v) is 8.51. The van der Waals surface area contributed by atoms with Crippen LogP contribution in [0.4, 0.5) is 0 Å². The number of thioether (sulfide) groups is 2. The molecule has 1 saturated heterocycles. The van der Waals surface area contributed by atoms with Crippen LogP contribution in [0.5, 0.6) is 0 Å². The Morgan fingerprint density at radius 1 is 0.822 bits per heavy atom. The highest BCUT2D eigenvalue weighted by Crippen LogP contribution is 2.10. The third-order valence-electron chi connectivity index (χ3n) is 6.32. The number of nitrogens with two attached hydrogens (primary N) is 1. The highest BCUT2D eigenvalue weighted by molar-refractivity contribution is 8.01. The van der Waals surface area contributed by atoms with Crippen LogP contribution in [-0.4, -0.2) is 120 Å². The minimum atomic E-state index is -1.14. The average molecular weight is 675 g/mol. The molecule has 0 aromatic rings. The lowest BCUT2D eigenvalue weighted by Gasteiger charge is -2.24. The minimum Gasteiger partial charge on any atom is -0.368 e. The van der Waals surface area contributed by atoms with Gasteiger partial charge in [0.25, 0.3) is 0 Å². The molecule has 252 valence electrons. The van der Waals surface area contributed by atoms with Crippen molar-refractivity contribution < 1.29 is 43.2 Å². The molecule has 1 aliphatic heterocycles. The van der Waals surface area contributed by atoms with Crippen LogP contribution in [0.1, 0.15) is 34.1 Å². The summed E-state index contributed by atoms with van der Waals surface area (Å²) in [5.74, 6) is -6.28. The molecule has 9 N–H and O–H groups in total. The smallest absolute Gasteiger partial charge is 0.243 e. The Morgan fingerprint density at radius 3 is 1.89 bits per heavy atom. The first-order valence-electron chi connectivity index (χ1n) is 14.1. The van der Waals surface area contributed by atoms with Gasteiger partial charge in [0.2, 0.25) is 47.3 Å². The molecule has 45 heavy (non-hydrogen) atoms. The lowest BCUT2D eigenvalue weighted by molar-refractivity contribution is -0.133. The number of amides is 8. The molecule has 17 nitrogen and oxygen atoms in total. The van der Waals surface area contributed by atoms with Crippen LogP contribution in [-0.2, 0) is 43.2 Å². The maximum absolute atomic E-state index is 12.9. The highest BCUT2D eigenvalue weighted by atomic mass is 32.2. The van der Waals surface area contributed by atoms with Crippen molar-refractivity contribution in [2.45, 2.75) is 58.3 Å². The quantitative estimate of drug-likeness (QED) is 0.142. The van der Waals surface area contributed by atoms with Crippen LogP contribution < -0.4 is 43.0 Å². The van der Waals surface area contributed by atoms with E-state index < -0.39 is 91.1 Å². The number of rotatable bonds is 4. The first-order chi connectivity index (χ1) is 21.1. The van der Waals surface area contributed by atoms with Crippen LogP contribution in [0.25, 0.3) is 0 Å². The second kappa shape index (κ2) is 20.2. The maximum atomic E-state index is 12.9. The first kappa shape index (κ1) is 39.2. The van der Waals surface area contributed by atoms with E-state index in [-0.39, 0.29) is 34.7 Å². The topological polar surface area (TPSA) is 264 Å². The predicted molar refractivity (Wildman–Crippen MR) is 166 cm³/mol. The van der Waals surface area contributed by atoms with Gasteiger partial charge in [0, 0.05) is 18.4 Å². The zero-order valence-electron chi connectivity index (χ0n) is 25.6. The SMILES string of the molecule is CC[C@H](C)[C@@H]1NC(=O)CNC(=O)[C@H](NC(C)=O)CSCC(=O)CSC[C@@H](C(N)=O)NC(=O)CNC(=O)[C@H](C)NC(=O)CNC1=O. The summed E-state index contributed by atoms with van der Waals surface area (Å²) in [6.07, 6.45) is 0.487. The number of hydrogen-bond donors (Lipinski definition) is 8. The number of ketones is 1. The van der Waals surface area contributed by atoms with Gasteiger partial charge in [-0.3, -0.25) is 43.2 Å². The van der Waals surface area contributed by atoms with E-state index in [4.69, 9.17) is 5.73 Å². The molecule has 0 aromatic heterocycles. The van der Waals surface area contributed by atoms with Gasteiger partial charge in [0.1, 0.15) is 24.2 Å². The monoisotopic (exact) mass is 674 g/mol. The van der Waals surface area contributed by atoms with Crippen LogP contribution in [0, 0.1) is 5.92 Å². The van der Waals surface area contributed by atoms with E-state index in [1.54, 1.807) is 13.8 Å². The van der Waals surface area contributed by atoms with E-state index in [9.17, 15) is 43.2 Å². The normalized spacial score (nSPS) is 25.3. The zero-order valence-corrected chi connectivity index (χ0v) is 27.2. The molecule has 8 amide bonds. The molecule has 0 aromatic carbocycles. The number of carbonyl (C=O) groups excluding carboxylic acids is 9. The molecule has 0 radical (unpaired) electrons. The first-order valence-corrected chi connectivity index (χ1v) is 16.4. The summed E-state index contributed by atoms with van der Waals surface area (Å²) in [5.41, 5.74) is 5.35. The second-order valence-electron chi connectivity index (χ2n) is 10.2. The van der Waals surface area contributed by atoms with Crippen LogP contribution in [0.2, 0.25) is 0 Å². The van der Waals surface area contributed by atoms with E-state index >= 15 is 0 Å². The van der Waals surface area contributed by atoms with Crippen molar-refractivity contribution in [2.75, 3.05) is 42.6 Å². The molecule has 1 fully saturated rings. The summed E-state index contributed by atoms with van der Waals surface area (Å²) in [6.45, 7) is 4.50. The summed E-state index contributed by atoms with van der Waals surface area (Å²) in [4.78, 5) is 111. The standard InChI is InChI=1S/C26H42N8O9S2/c1-5-13(2)22-26(43)30-6-19(37)31-14(3)24(41)28-7-20(38)33-17(23(27)40)11-44-9-16(36)10-45-12-18(32-15(4)35)25(42)29-8-21(39)34-22/h13-14,17-18,22H,5-12H2,1-4H3,(H2,27,40)(H,28,41)(H,29,42)(H,30,43)(H,31,37)(H,32,35)(H,33,38)(H,34,39)/t13-,14-,17-,18+,22-/m0/s1. The van der Waals surface area contributed by atoms with Crippen molar-refractivity contribution in [3.63, 3.8) is 0 Å². The van der Waals surface area contributed by atoms with E-state index in [0.29, 0.717) is 6.42 Å². The second-order valence-corrected chi connectivity index (χ2v) is 12.3. The molecule has 0 saturated carbocycles. The maximum Gasteiger partial charge on any atom is 0.243 e. The van der Waals surface area contributed by atoms with Gasteiger partial charge in [-0.2, -0.15) is 23.5 Å². The number of Topliss-reactive ketones (excluding diaryl/α,β-unsaturated/α-hetero) is 1. The zero-order chi connectivity index (χ0) is 34.1. The highest BCUT2D eigenvalue weighted by Gasteiger charge is 2.28. The number of primary amides is 1. The predicted octanol–water partition coefficient (Wildman–Crippen LogP) is -4.11. The Labute approximate surface area is 269 Å². The molecule has 0 aliphatic carbocycles. The minimum absolute atomic E-state index is 0.00765. The third kappa shape index (κ3) is 15.6. The Balaban J connectivity index is 3.07. The molecule has 1 aliphatic rings. The van der Waals surface area contributed by atoms with E-state index in [1.807, 2.05) is 0 Å². The van der Waals surface area contributed by atoms with E-state index in [0.717, 1.165) is 23.5 Å². The Kier molecular flexibility index (Phi) is 17.6. The molecular formula is C26H42N8O9S2. The summed E-state index contributed by atoms with van der Waals surface area (Å²) in [5, 5.41) is 16.9. The van der Waals surface area contributed by atoms with Crippen molar-refractivity contribution in [2.24, 2.45) is 11.7 Å². The van der Waals surface area contributed by atoms with Gasteiger partial charge in [0.15, 0.2) is 5.78 Å². The fraction of sp³-hybridized carbons (Fsp3) is 0.654. The molecular weight excluding hydrogens is 632 g/mol. The van der Waals surface area contributed by atoms with Crippen molar-refractivity contribution in [1.82, 2.24) is 37.2 Å². The van der Waals surface area contributed by atoms with Crippen LogP contribution in [0.15, 0.2) is 0 Å². The lowest BCUT2D eigenvalue weighted by atomic mass is 9.98. The van der Waals surface area contributed by atoms with Gasteiger partial charge < -0.3 is 43.0 Å². The van der Waals surface area contributed by atoms with Gasteiger partial charge in [-0.05, 0) is 12.8 Å². The van der Waals surface area contributed by atoms with Gasteiger partial charge in [-0.15, -0.1) is 0 Å². The number of hydrogen-bond acceptors (Lipinski definition) is 11. The molecule has 0 bridgehead atoms. The van der Waals surface area contributed by atoms with Crippen LogP contribution in [0.3, 0.4) is 0 Å². The molecule has 1 rings (SSSR count). The fourth-order valence-corrected chi connectivity index (χ4v) is 5.64.